The van der Waals surface area contributed by atoms with E-state index >= 15 is 0 Å². The molecule has 2 unspecified atom stereocenters. The molecule has 0 saturated carbocycles. The molecule has 1 aromatic heterocycles. The van der Waals surface area contributed by atoms with Crippen LogP contribution in [0.1, 0.15) is 18.2 Å². The molecule has 0 radical (unpaired) electrons. The van der Waals surface area contributed by atoms with Gasteiger partial charge >= 0.3 is 5.69 Å². The molecular formula is C18H20N2O6. The smallest absolute Gasteiger partial charge is 0.330 e. The number of carbonyl (C=O) groups excluding carboxylic acids is 1. The Morgan fingerprint density at radius 1 is 1.19 bits per heavy atom. The summed E-state index contributed by atoms with van der Waals surface area (Å²) in [6.07, 6.45) is -0.348. The average Bonchev–Trinajstić information content (AvgIpc) is 2.98. The number of hydrogen-bond acceptors (Lipinski definition) is 6. The highest BCUT2D eigenvalue weighted by Gasteiger charge is 2.46. The van der Waals surface area contributed by atoms with Crippen LogP contribution in [-0.2, 0) is 25.6 Å². The van der Waals surface area contributed by atoms with E-state index in [0.717, 1.165) is 11.8 Å². The fourth-order valence-electron chi connectivity index (χ4n) is 3.06. The highest BCUT2D eigenvalue weighted by molar-refractivity contribution is 5.50. The normalized spacial score (nSPS) is 25.3. The highest BCUT2D eigenvalue weighted by atomic mass is 16.6. The van der Waals surface area contributed by atoms with E-state index in [0.29, 0.717) is 6.61 Å². The second-order valence-corrected chi connectivity index (χ2v) is 5.95. The summed E-state index contributed by atoms with van der Waals surface area (Å²) < 4.78 is 18.6. The molecule has 1 saturated heterocycles. The van der Waals surface area contributed by atoms with Crippen molar-refractivity contribution in [3.05, 3.63) is 69.0 Å². The lowest BCUT2D eigenvalue weighted by atomic mass is 10.1. The Labute approximate surface area is 149 Å². The first-order chi connectivity index (χ1) is 12.6. The summed E-state index contributed by atoms with van der Waals surface area (Å²) >= 11 is 0. The van der Waals surface area contributed by atoms with Crippen molar-refractivity contribution in [3.63, 3.8) is 0 Å². The molecule has 138 valence electrons. The summed E-state index contributed by atoms with van der Waals surface area (Å²) in [7, 11) is 1.49. The van der Waals surface area contributed by atoms with Crippen LogP contribution in [0.15, 0.2) is 52.2 Å². The first kappa shape index (κ1) is 18.2. The van der Waals surface area contributed by atoms with E-state index < -0.39 is 35.8 Å². The van der Waals surface area contributed by atoms with Crippen LogP contribution in [0.25, 0.3) is 0 Å². The molecule has 1 aliphatic rings. The maximum absolute atomic E-state index is 12.1. The number of nitrogens with zero attached hydrogens (tertiary/aromatic N) is 1. The topological polar surface area (TPSA) is 99.6 Å². The van der Waals surface area contributed by atoms with Crippen molar-refractivity contribution < 1.29 is 19.0 Å². The molecule has 4 atom stereocenters. The molecule has 3 rings (SSSR count). The van der Waals surface area contributed by atoms with Crippen LogP contribution < -0.4 is 11.2 Å². The van der Waals surface area contributed by atoms with Crippen LogP contribution >= 0.6 is 0 Å². The maximum atomic E-state index is 12.1. The van der Waals surface area contributed by atoms with Crippen LogP contribution in [0.2, 0.25) is 0 Å². The Balaban J connectivity index is 1.85. The van der Waals surface area contributed by atoms with Gasteiger partial charge in [0.25, 0.3) is 5.56 Å². The summed E-state index contributed by atoms with van der Waals surface area (Å²) in [6.45, 7) is 0.317. The monoisotopic (exact) mass is 360 g/mol. The predicted molar refractivity (Wildman–Crippen MR) is 91.7 cm³/mol. The number of H-pyrrole nitrogens is 1. The van der Waals surface area contributed by atoms with E-state index in [9.17, 15) is 14.4 Å². The third-order valence-electron chi connectivity index (χ3n) is 4.30. The Morgan fingerprint density at radius 2 is 1.96 bits per heavy atom. The number of ether oxygens (including phenoxy) is 3. The summed E-state index contributed by atoms with van der Waals surface area (Å²) in [6, 6.07) is 10.8. The number of benzene rings is 1. The Bertz CT molecular complexity index is 847. The minimum atomic E-state index is -0.810. The van der Waals surface area contributed by atoms with Crippen LogP contribution in [-0.4, -0.2) is 41.3 Å². The van der Waals surface area contributed by atoms with Gasteiger partial charge in [0.05, 0.1) is 12.7 Å². The molecule has 0 aliphatic carbocycles. The Kier molecular flexibility index (Phi) is 5.77. The molecule has 1 fully saturated rings. The molecule has 8 nitrogen and oxygen atoms in total. The van der Waals surface area contributed by atoms with Crippen molar-refractivity contribution in [2.24, 2.45) is 0 Å². The number of methoxy groups -OCH3 is 1. The van der Waals surface area contributed by atoms with Gasteiger partial charge in [0.1, 0.15) is 18.5 Å². The van der Waals surface area contributed by atoms with Gasteiger partial charge in [-0.2, -0.15) is 0 Å². The summed E-state index contributed by atoms with van der Waals surface area (Å²) in [5.41, 5.74) is -0.144. The third-order valence-corrected chi connectivity index (χ3v) is 4.30. The van der Waals surface area contributed by atoms with E-state index in [-0.39, 0.29) is 6.42 Å². The van der Waals surface area contributed by atoms with Crippen LogP contribution in [0, 0.1) is 0 Å². The van der Waals surface area contributed by atoms with Gasteiger partial charge in [-0.1, -0.05) is 30.3 Å². The van der Waals surface area contributed by atoms with Crippen molar-refractivity contribution in [1.82, 2.24) is 9.55 Å². The van der Waals surface area contributed by atoms with Crippen LogP contribution in [0.4, 0.5) is 0 Å². The van der Waals surface area contributed by atoms with Crippen LogP contribution in [0.3, 0.4) is 0 Å². The quantitative estimate of drug-likeness (QED) is 0.727. The van der Waals surface area contributed by atoms with Gasteiger partial charge in [-0.3, -0.25) is 14.3 Å². The Morgan fingerprint density at radius 3 is 2.62 bits per heavy atom. The molecule has 26 heavy (non-hydrogen) atoms. The van der Waals surface area contributed by atoms with Gasteiger partial charge in [-0.05, 0) is 5.56 Å². The van der Waals surface area contributed by atoms with Gasteiger partial charge in [0, 0.05) is 25.8 Å². The Hall–Kier alpha value is -2.55. The van der Waals surface area contributed by atoms with E-state index in [2.05, 4.69) is 4.98 Å². The summed E-state index contributed by atoms with van der Waals surface area (Å²) in [4.78, 5) is 36.6. The van der Waals surface area contributed by atoms with E-state index in [1.807, 2.05) is 30.3 Å². The molecule has 1 aliphatic heterocycles. The van der Waals surface area contributed by atoms with E-state index in [4.69, 9.17) is 14.2 Å². The molecule has 0 spiro atoms. The molecule has 0 bridgehead atoms. The fraction of sp³-hybridized carbons (Fsp3) is 0.389. The lowest BCUT2D eigenvalue weighted by molar-refractivity contribution is -0.113. The fourth-order valence-corrected chi connectivity index (χ4v) is 3.06. The second kappa shape index (κ2) is 8.22. The molecule has 2 heterocycles. The first-order valence-corrected chi connectivity index (χ1v) is 8.23. The lowest BCUT2D eigenvalue weighted by Crippen LogP contribution is -2.39. The minimum absolute atomic E-state index is 0.105. The summed E-state index contributed by atoms with van der Waals surface area (Å²) in [5, 5.41) is 0. The van der Waals surface area contributed by atoms with Crippen molar-refractivity contribution in [2.75, 3.05) is 7.11 Å². The first-order valence-electron chi connectivity index (χ1n) is 8.23. The average molecular weight is 360 g/mol. The summed E-state index contributed by atoms with van der Waals surface area (Å²) in [5.74, 6) is 0. The van der Waals surface area contributed by atoms with Gasteiger partial charge in [-0.25, -0.2) is 4.79 Å². The molecule has 1 aromatic carbocycles. The van der Waals surface area contributed by atoms with E-state index in [1.165, 1.54) is 23.9 Å². The number of hydrogen-bond donors (Lipinski definition) is 1. The lowest BCUT2D eigenvalue weighted by Gasteiger charge is -2.23. The minimum Gasteiger partial charge on any atom is -0.374 e. The number of carbonyl (C=O) groups is 1. The predicted octanol–water partition coefficient (Wildman–Crippen LogP) is 0.623. The standard InChI is InChI=1S/C18H20N2O6/c1-24-16-15(25-11-12-5-3-2-4-6-12)13(8-10-21)26-17(16)20-9-7-14(22)19-18(20)23/h2-7,9-10,13,15-17H,8,11H2,1H3,(H,19,22,23)/t13-,15?,16?,17-/m1/s1. The zero-order chi connectivity index (χ0) is 18.5. The maximum Gasteiger partial charge on any atom is 0.330 e. The van der Waals surface area contributed by atoms with Crippen LogP contribution in [0.5, 0.6) is 0 Å². The highest BCUT2D eigenvalue weighted by Crippen LogP contribution is 2.34. The molecular weight excluding hydrogens is 340 g/mol. The van der Waals surface area contributed by atoms with Gasteiger partial charge in [0.15, 0.2) is 6.23 Å². The van der Waals surface area contributed by atoms with Gasteiger partial charge < -0.3 is 19.0 Å². The number of aromatic amines is 1. The molecule has 2 aromatic rings. The third kappa shape index (κ3) is 3.82. The second-order valence-electron chi connectivity index (χ2n) is 5.95. The molecule has 1 N–H and O–H groups in total. The van der Waals surface area contributed by atoms with Gasteiger partial charge in [0.2, 0.25) is 0 Å². The molecule has 8 heteroatoms. The van der Waals surface area contributed by atoms with Crippen molar-refractivity contribution in [3.8, 4) is 0 Å². The van der Waals surface area contributed by atoms with Crippen molar-refractivity contribution >= 4 is 6.29 Å². The zero-order valence-corrected chi connectivity index (χ0v) is 14.2. The number of nitrogens with one attached hydrogen (secondary N) is 1. The van der Waals surface area contributed by atoms with Gasteiger partial charge in [-0.15, -0.1) is 0 Å². The molecule has 0 amide bonds. The number of aromatic nitrogens is 2. The van der Waals surface area contributed by atoms with Crippen molar-refractivity contribution in [2.45, 2.75) is 37.6 Å². The van der Waals surface area contributed by atoms with E-state index in [1.54, 1.807) is 0 Å². The largest absolute Gasteiger partial charge is 0.374 e. The zero-order valence-electron chi connectivity index (χ0n) is 14.2. The number of rotatable bonds is 7. The van der Waals surface area contributed by atoms with Crippen molar-refractivity contribution in [1.29, 1.82) is 0 Å². The SMILES string of the molecule is COC1C(OCc2ccccc2)[C@@H](CC=O)O[C@H]1n1ccc(=O)[nH]c1=O. The number of aldehydes is 1.